The number of amides is 2. The summed E-state index contributed by atoms with van der Waals surface area (Å²) < 4.78 is 5.65. The Morgan fingerprint density at radius 1 is 1.03 bits per heavy atom. The number of fused-ring (bicyclic) bond motifs is 1. The van der Waals surface area contributed by atoms with E-state index in [4.69, 9.17) is 10.5 Å². The highest BCUT2D eigenvalue weighted by atomic mass is 16.5. The van der Waals surface area contributed by atoms with Crippen LogP contribution < -0.4 is 11.1 Å². The van der Waals surface area contributed by atoms with Crippen LogP contribution in [0.1, 0.15) is 41.5 Å². The number of benzene rings is 2. The van der Waals surface area contributed by atoms with Crippen molar-refractivity contribution in [3.8, 4) is 0 Å². The van der Waals surface area contributed by atoms with E-state index < -0.39 is 0 Å². The van der Waals surface area contributed by atoms with Gasteiger partial charge in [-0.15, -0.1) is 0 Å². The highest BCUT2D eigenvalue weighted by molar-refractivity contribution is 5.76. The average molecular weight is 392 g/mol. The second kappa shape index (κ2) is 7.47. The van der Waals surface area contributed by atoms with Crippen molar-refractivity contribution in [3.63, 3.8) is 0 Å². The number of carbonyl (C=O) groups is 1. The Hall–Kier alpha value is -2.37. The van der Waals surface area contributed by atoms with E-state index in [0.29, 0.717) is 13.1 Å². The van der Waals surface area contributed by atoms with Crippen molar-refractivity contribution in [1.82, 2.24) is 10.2 Å². The first kappa shape index (κ1) is 18.6. The maximum absolute atomic E-state index is 13.3. The summed E-state index contributed by atoms with van der Waals surface area (Å²) in [4.78, 5) is 15.2. The van der Waals surface area contributed by atoms with Gasteiger partial charge in [0.15, 0.2) is 0 Å². The highest BCUT2D eigenvalue weighted by Gasteiger charge is 2.48. The van der Waals surface area contributed by atoms with Crippen LogP contribution >= 0.6 is 0 Å². The molecule has 0 saturated carbocycles. The molecule has 1 unspecified atom stereocenters. The van der Waals surface area contributed by atoms with Gasteiger partial charge in [-0.1, -0.05) is 54.6 Å². The molecule has 5 rings (SSSR count). The van der Waals surface area contributed by atoms with Crippen molar-refractivity contribution in [2.75, 3.05) is 26.3 Å². The molecule has 3 N–H and O–H groups in total. The number of likely N-dealkylation sites (tertiary alicyclic amines) is 1. The summed E-state index contributed by atoms with van der Waals surface area (Å²) in [6.45, 7) is 2.80. The average Bonchev–Trinajstić information content (AvgIpc) is 3.28. The first-order chi connectivity index (χ1) is 14.2. The van der Waals surface area contributed by atoms with Gasteiger partial charge >= 0.3 is 6.03 Å². The predicted molar refractivity (Wildman–Crippen MR) is 113 cm³/mol. The lowest BCUT2D eigenvalue weighted by atomic mass is 9.74. The number of nitrogens with two attached hydrogens (primary N) is 1. The molecule has 29 heavy (non-hydrogen) atoms. The minimum Gasteiger partial charge on any atom is -0.381 e. The lowest BCUT2D eigenvalue weighted by Gasteiger charge is -2.40. The van der Waals surface area contributed by atoms with Crippen LogP contribution in [0.4, 0.5) is 4.79 Å². The van der Waals surface area contributed by atoms with Gasteiger partial charge in [-0.2, -0.15) is 0 Å². The molecule has 2 fully saturated rings. The van der Waals surface area contributed by atoms with E-state index in [-0.39, 0.29) is 29.4 Å². The molecule has 5 heteroatoms. The third-order valence-electron chi connectivity index (χ3n) is 7.16. The van der Waals surface area contributed by atoms with Crippen molar-refractivity contribution in [3.05, 3.63) is 71.3 Å². The molecule has 0 radical (unpaired) electrons. The van der Waals surface area contributed by atoms with Crippen molar-refractivity contribution in [2.24, 2.45) is 11.1 Å². The Kier molecular flexibility index (Phi) is 4.80. The van der Waals surface area contributed by atoms with Gasteiger partial charge in [0.05, 0.1) is 6.04 Å². The number of ether oxygens (including phenoxy) is 1. The maximum Gasteiger partial charge on any atom is 0.317 e. The second-order valence-corrected chi connectivity index (χ2v) is 8.82. The van der Waals surface area contributed by atoms with Crippen LogP contribution in [0.3, 0.4) is 0 Å². The molecule has 2 aromatic rings. The SMILES string of the molecule is N[C@@H]1CN(C(=O)NC2c3ccccc3CC23CCOCC3)C[C@H]1c1ccccc1. The van der Waals surface area contributed by atoms with Crippen molar-refractivity contribution < 1.29 is 9.53 Å². The van der Waals surface area contributed by atoms with Gasteiger partial charge in [0.1, 0.15) is 0 Å². The summed E-state index contributed by atoms with van der Waals surface area (Å²) in [6.07, 6.45) is 2.99. The van der Waals surface area contributed by atoms with Crippen LogP contribution in [-0.2, 0) is 11.2 Å². The van der Waals surface area contributed by atoms with Crippen LogP contribution in [0.15, 0.2) is 54.6 Å². The van der Waals surface area contributed by atoms with Crippen LogP contribution in [0.25, 0.3) is 0 Å². The first-order valence-electron chi connectivity index (χ1n) is 10.7. The molecular formula is C24H29N3O2. The largest absolute Gasteiger partial charge is 0.381 e. The molecule has 3 aliphatic rings. The lowest BCUT2D eigenvalue weighted by molar-refractivity contribution is 0.00141. The fraction of sp³-hybridized carbons (Fsp3) is 0.458. The van der Waals surface area contributed by atoms with E-state index in [1.165, 1.54) is 16.7 Å². The van der Waals surface area contributed by atoms with E-state index in [1.54, 1.807) is 0 Å². The Morgan fingerprint density at radius 2 is 1.76 bits per heavy atom. The molecule has 3 atom stereocenters. The molecule has 2 aliphatic heterocycles. The van der Waals surface area contributed by atoms with E-state index >= 15 is 0 Å². The summed E-state index contributed by atoms with van der Waals surface area (Å²) in [5, 5.41) is 3.41. The van der Waals surface area contributed by atoms with Crippen molar-refractivity contribution in [2.45, 2.75) is 37.3 Å². The number of rotatable bonds is 2. The number of urea groups is 1. The summed E-state index contributed by atoms with van der Waals surface area (Å²) in [5.74, 6) is 0.190. The molecule has 1 spiro atoms. The molecule has 1 aliphatic carbocycles. The maximum atomic E-state index is 13.3. The molecular weight excluding hydrogens is 362 g/mol. The molecule has 0 bridgehead atoms. The van der Waals surface area contributed by atoms with Crippen LogP contribution in [-0.4, -0.2) is 43.3 Å². The van der Waals surface area contributed by atoms with Gasteiger partial charge < -0.3 is 20.7 Å². The Bertz CT molecular complexity index is 879. The molecule has 0 aromatic heterocycles. The lowest BCUT2D eigenvalue weighted by Crippen LogP contribution is -2.47. The summed E-state index contributed by atoms with van der Waals surface area (Å²) >= 11 is 0. The zero-order valence-corrected chi connectivity index (χ0v) is 16.7. The minimum atomic E-state index is -0.0314. The Balaban J connectivity index is 1.35. The third-order valence-corrected chi connectivity index (χ3v) is 7.16. The van der Waals surface area contributed by atoms with E-state index in [9.17, 15) is 4.79 Å². The van der Waals surface area contributed by atoms with E-state index in [1.807, 2.05) is 23.1 Å². The van der Waals surface area contributed by atoms with Crippen LogP contribution in [0.5, 0.6) is 0 Å². The number of hydrogen-bond donors (Lipinski definition) is 2. The fourth-order valence-corrected chi connectivity index (χ4v) is 5.52. The van der Waals surface area contributed by atoms with Crippen LogP contribution in [0, 0.1) is 5.41 Å². The zero-order valence-electron chi connectivity index (χ0n) is 16.7. The molecule has 2 saturated heterocycles. The van der Waals surface area contributed by atoms with Gasteiger partial charge in [-0.3, -0.25) is 0 Å². The summed E-state index contributed by atoms with van der Waals surface area (Å²) in [5.41, 5.74) is 10.3. The molecule has 2 aromatic carbocycles. The highest BCUT2D eigenvalue weighted by Crippen LogP contribution is 2.51. The van der Waals surface area contributed by atoms with Gasteiger partial charge in [-0.25, -0.2) is 4.79 Å². The monoisotopic (exact) mass is 391 g/mol. The van der Waals surface area contributed by atoms with Gasteiger partial charge in [0.2, 0.25) is 0 Å². The Morgan fingerprint density at radius 3 is 2.55 bits per heavy atom. The first-order valence-corrected chi connectivity index (χ1v) is 10.7. The van der Waals surface area contributed by atoms with Crippen molar-refractivity contribution in [1.29, 1.82) is 0 Å². The van der Waals surface area contributed by atoms with Gasteiger partial charge in [-0.05, 0) is 36.0 Å². The van der Waals surface area contributed by atoms with Gasteiger partial charge in [0, 0.05) is 43.7 Å². The molecule has 2 heterocycles. The Labute approximate surface area is 172 Å². The summed E-state index contributed by atoms with van der Waals surface area (Å²) in [7, 11) is 0. The quantitative estimate of drug-likeness (QED) is 0.826. The number of nitrogens with one attached hydrogen (secondary N) is 1. The molecule has 152 valence electrons. The molecule has 5 nitrogen and oxygen atoms in total. The van der Waals surface area contributed by atoms with Crippen LogP contribution in [0.2, 0.25) is 0 Å². The smallest absolute Gasteiger partial charge is 0.317 e. The fourth-order valence-electron chi connectivity index (χ4n) is 5.52. The van der Waals surface area contributed by atoms with Crippen molar-refractivity contribution >= 4 is 6.03 Å². The number of hydrogen-bond acceptors (Lipinski definition) is 3. The number of nitrogens with zero attached hydrogens (tertiary/aromatic N) is 1. The predicted octanol–water partition coefficient (Wildman–Crippen LogP) is 3.22. The minimum absolute atomic E-state index is 0.00597. The van der Waals surface area contributed by atoms with Gasteiger partial charge in [0.25, 0.3) is 0 Å². The van der Waals surface area contributed by atoms with E-state index in [0.717, 1.165) is 32.5 Å². The topological polar surface area (TPSA) is 67.6 Å². The molecule has 2 amide bonds. The zero-order chi connectivity index (χ0) is 19.8. The standard InChI is InChI=1S/C24H29N3O2/c25-21-16-27(15-20(21)17-6-2-1-3-7-17)23(28)26-22-19-9-5-4-8-18(19)14-24(22)10-12-29-13-11-24/h1-9,20-22H,10-16,25H2,(H,26,28)/t20-,21+,22?/m0/s1. The normalized spacial score (nSPS) is 27.8. The number of carbonyl (C=O) groups excluding carboxylic acids is 1. The third kappa shape index (κ3) is 3.32. The van der Waals surface area contributed by atoms with E-state index in [2.05, 4.69) is 41.7 Å². The summed E-state index contributed by atoms with van der Waals surface area (Å²) in [6, 6.07) is 18.9. The second-order valence-electron chi connectivity index (χ2n) is 8.82.